The van der Waals surface area contributed by atoms with Gasteiger partial charge in [-0.1, -0.05) is 12.2 Å². The third-order valence-corrected chi connectivity index (χ3v) is 0. The first-order valence-corrected chi connectivity index (χ1v) is 1.15. The van der Waals surface area contributed by atoms with E-state index in [2.05, 4.69) is 18.0 Å². The van der Waals surface area contributed by atoms with E-state index in [1.807, 2.05) is 0 Å². The summed E-state index contributed by atoms with van der Waals surface area (Å²) in [7, 11) is 0. The SMILES string of the molecule is [C]C(N)=S. The Morgan fingerprint density at radius 2 is 2.00 bits per heavy atom. The summed E-state index contributed by atoms with van der Waals surface area (Å²) in [6, 6.07) is 0. The van der Waals surface area contributed by atoms with Crippen molar-refractivity contribution in [1.29, 1.82) is 0 Å². The molecule has 0 aliphatic heterocycles. The van der Waals surface area contributed by atoms with Crippen LogP contribution in [0, 0.1) is 6.92 Å². The molecule has 0 saturated heterocycles. The lowest BCUT2D eigenvalue weighted by Gasteiger charge is -1.63. The van der Waals surface area contributed by atoms with Crippen molar-refractivity contribution in [2.75, 3.05) is 0 Å². The van der Waals surface area contributed by atoms with Crippen LogP contribution in [0.1, 0.15) is 0 Å². The molecule has 0 rings (SSSR count). The first-order valence-electron chi connectivity index (χ1n) is 0.743. The van der Waals surface area contributed by atoms with Gasteiger partial charge in [-0.25, -0.2) is 0 Å². The Morgan fingerprint density at radius 1 is 2.00 bits per heavy atom. The van der Waals surface area contributed by atoms with E-state index in [-0.39, 0.29) is 4.99 Å². The van der Waals surface area contributed by atoms with Crippen molar-refractivity contribution in [2.45, 2.75) is 0 Å². The quantitative estimate of drug-likeness (QED) is 0.403. The lowest BCUT2D eigenvalue weighted by molar-refractivity contribution is 1.84. The Bertz CT molecular complexity index is 29.0. The molecule has 0 saturated carbocycles. The van der Waals surface area contributed by atoms with E-state index >= 15 is 0 Å². The van der Waals surface area contributed by atoms with E-state index in [1.54, 1.807) is 0 Å². The third-order valence-electron chi connectivity index (χ3n) is 0. The first-order chi connectivity index (χ1) is 1.73. The number of thiocarbonyl (C=S) groups is 1. The summed E-state index contributed by atoms with van der Waals surface area (Å²) in [5, 5.41) is 0. The van der Waals surface area contributed by atoms with Gasteiger partial charge in [-0.3, -0.25) is 0 Å². The molecule has 0 aromatic rings. The van der Waals surface area contributed by atoms with Crippen LogP contribution in [0.2, 0.25) is 0 Å². The van der Waals surface area contributed by atoms with Gasteiger partial charge in [0, 0.05) is 0 Å². The van der Waals surface area contributed by atoms with E-state index < -0.39 is 0 Å². The second kappa shape index (κ2) is 1.24. The van der Waals surface area contributed by atoms with E-state index in [1.165, 1.54) is 0 Å². The minimum atomic E-state index is -0.250. The fourth-order valence-electron chi connectivity index (χ4n) is 0. The van der Waals surface area contributed by atoms with Gasteiger partial charge in [-0.2, -0.15) is 0 Å². The minimum Gasteiger partial charge on any atom is -0.393 e. The van der Waals surface area contributed by atoms with Crippen LogP contribution in [0.25, 0.3) is 0 Å². The molecule has 0 atom stereocenters. The van der Waals surface area contributed by atoms with Crippen molar-refractivity contribution in [2.24, 2.45) is 5.73 Å². The summed E-state index contributed by atoms with van der Waals surface area (Å²) < 4.78 is 0. The molecular weight excluding hydrogens is 70.1 g/mol. The van der Waals surface area contributed by atoms with E-state index in [9.17, 15) is 0 Å². The lowest BCUT2D eigenvalue weighted by atomic mass is 10.8. The van der Waals surface area contributed by atoms with Crippen LogP contribution in [-0.4, -0.2) is 4.99 Å². The van der Waals surface area contributed by atoms with Crippen molar-refractivity contribution >= 4 is 17.2 Å². The number of rotatable bonds is 0. The van der Waals surface area contributed by atoms with Crippen LogP contribution in [0.15, 0.2) is 0 Å². The van der Waals surface area contributed by atoms with Gasteiger partial charge in [0.1, 0.15) is 0 Å². The second-order valence-electron chi connectivity index (χ2n) is 0.364. The van der Waals surface area contributed by atoms with Crippen LogP contribution in [0.5, 0.6) is 0 Å². The highest BCUT2D eigenvalue weighted by Gasteiger charge is 1.57. The van der Waals surface area contributed by atoms with Crippen LogP contribution >= 0.6 is 12.2 Å². The summed E-state index contributed by atoms with van der Waals surface area (Å²) in [5.74, 6) is 0. The molecular formula is C2H2NS. The lowest BCUT2D eigenvalue weighted by Crippen LogP contribution is -1.99. The number of nitrogens with two attached hydrogens (primary N) is 1. The molecule has 0 bridgehead atoms. The average molecular weight is 72.1 g/mol. The highest BCUT2D eigenvalue weighted by Crippen LogP contribution is 1.46. The van der Waals surface area contributed by atoms with Gasteiger partial charge in [-0.15, -0.1) is 0 Å². The molecule has 21 valence electrons. The zero-order chi connectivity index (χ0) is 3.58. The summed E-state index contributed by atoms with van der Waals surface area (Å²) in [5.41, 5.74) is 4.51. The van der Waals surface area contributed by atoms with Crippen LogP contribution in [-0.2, 0) is 0 Å². The van der Waals surface area contributed by atoms with E-state index in [0.29, 0.717) is 0 Å². The topological polar surface area (TPSA) is 26.0 Å². The molecule has 2 heteroatoms. The van der Waals surface area contributed by atoms with Gasteiger partial charge >= 0.3 is 0 Å². The molecule has 2 N–H and O–H groups in total. The van der Waals surface area contributed by atoms with Crippen molar-refractivity contribution in [3.05, 3.63) is 6.92 Å². The van der Waals surface area contributed by atoms with E-state index in [0.717, 1.165) is 0 Å². The Balaban J connectivity index is 2.80. The Kier molecular flexibility index (Phi) is 1.20. The fourth-order valence-corrected chi connectivity index (χ4v) is 0. The second-order valence-corrected chi connectivity index (χ2v) is 0.804. The maximum atomic E-state index is 6.09. The van der Waals surface area contributed by atoms with E-state index in [4.69, 9.17) is 6.92 Å². The fraction of sp³-hybridized carbons (Fsp3) is 0. The maximum Gasteiger partial charge on any atom is 0.0822 e. The highest BCUT2D eigenvalue weighted by atomic mass is 32.1. The zero-order valence-electron chi connectivity index (χ0n) is 1.99. The van der Waals surface area contributed by atoms with Crippen LogP contribution < -0.4 is 5.73 Å². The summed E-state index contributed by atoms with van der Waals surface area (Å²) in [6.07, 6.45) is 0. The Morgan fingerprint density at radius 3 is 2.00 bits per heavy atom. The molecule has 3 radical (unpaired) electrons. The number of hydrogen-bond donors (Lipinski definition) is 1. The highest BCUT2D eigenvalue weighted by molar-refractivity contribution is 7.80. The summed E-state index contributed by atoms with van der Waals surface area (Å²) in [4.78, 5) is -0.250. The van der Waals surface area contributed by atoms with Gasteiger partial charge in [0.15, 0.2) is 0 Å². The van der Waals surface area contributed by atoms with Crippen molar-refractivity contribution in [1.82, 2.24) is 0 Å². The standard InChI is InChI=1S/C2H2NS/c1-2(3)4/h(H2,3,4). The molecule has 0 aromatic heterocycles. The maximum absolute atomic E-state index is 6.09. The van der Waals surface area contributed by atoms with Gasteiger partial charge in [0.25, 0.3) is 0 Å². The normalized spacial score (nSPS) is 6.25. The molecule has 1 nitrogen and oxygen atoms in total. The smallest absolute Gasteiger partial charge is 0.0822 e. The molecule has 0 heterocycles. The van der Waals surface area contributed by atoms with Crippen LogP contribution in [0.3, 0.4) is 0 Å². The average Bonchev–Trinajstić information content (AvgIpc) is 0.811. The summed E-state index contributed by atoms with van der Waals surface area (Å²) in [6.45, 7) is 6.09. The van der Waals surface area contributed by atoms with Gasteiger partial charge in [0.2, 0.25) is 0 Å². The Hall–Kier alpha value is -0.110. The van der Waals surface area contributed by atoms with Crippen LogP contribution in [0.4, 0.5) is 0 Å². The molecule has 0 aliphatic rings. The molecule has 0 fully saturated rings. The van der Waals surface area contributed by atoms with Crippen molar-refractivity contribution in [3.63, 3.8) is 0 Å². The predicted octanol–water partition coefficient (Wildman–Crippen LogP) is -0.139. The van der Waals surface area contributed by atoms with Gasteiger partial charge in [-0.05, 0) is 0 Å². The van der Waals surface area contributed by atoms with Crippen molar-refractivity contribution in [3.8, 4) is 0 Å². The molecule has 4 heavy (non-hydrogen) atoms. The minimum absolute atomic E-state index is 0.250. The molecule has 0 aromatic carbocycles. The molecule has 0 unspecified atom stereocenters. The monoisotopic (exact) mass is 72.0 g/mol. The van der Waals surface area contributed by atoms with Gasteiger partial charge in [0.05, 0.1) is 11.9 Å². The molecule has 0 amide bonds. The zero-order valence-corrected chi connectivity index (χ0v) is 2.80. The third kappa shape index (κ3) is 124. The predicted molar refractivity (Wildman–Crippen MR) is 20.0 cm³/mol. The molecule has 0 aliphatic carbocycles. The van der Waals surface area contributed by atoms with Crippen molar-refractivity contribution < 1.29 is 0 Å². The number of hydrogen-bond acceptors (Lipinski definition) is 1. The Labute approximate surface area is 30.8 Å². The molecule has 0 spiro atoms. The van der Waals surface area contributed by atoms with Gasteiger partial charge < -0.3 is 5.73 Å². The summed E-state index contributed by atoms with van der Waals surface area (Å²) >= 11 is 3.98. The first kappa shape index (κ1) is 3.89. The largest absolute Gasteiger partial charge is 0.393 e.